The molecule has 0 aromatic rings. The summed E-state index contributed by atoms with van der Waals surface area (Å²) >= 11 is 0. The van der Waals surface area contributed by atoms with E-state index in [1.807, 2.05) is 27.7 Å². The average Bonchev–Trinajstić information content (AvgIpc) is 2.17. The van der Waals surface area contributed by atoms with Gasteiger partial charge >= 0.3 is 5.97 Å². The van der Waals surface area contributed by atoms with E-state index in [0.29, 0.717) is 6.42 Å². The van der Waals surface area contributed by atoms with Crippen molar-refractivity contribution in [3.05, 3.63) is 0 Å². The summed E-state index contributed by atoms with van der Waals surface area (Å²) in [5, 5.41) is 18.3. The summed E-state index contributed by atoms with van der Waals surface area (Å²) in [4.78, 5) is 10.7. The van der Waals surface area contributed by atoms with Gasteiger partial charge in [-0.05, 0) is 34.1 Å². The van der Waals surface area contributed by atoms with Gasteiger partial charge in [0, 0.05) is 5.92 Å². The highest BCUT2D eigenvalue weighted by atomic mass is 16.5. The largest absolute Gasteiger partial charge is 0.479 e. The van der Waals surface area contributed by atoms with Crippen molar-refractivity contribution >= 4 is 5.97 Å². The Labute approximate surface area is 83.9 Å². The molecule has 0 aliphatic carbocycles. The lowest BCUT2D eigenvalue weighted by Crippen LogP contribution is -2.40. The van der Waals surface area contributed by atoms with Crippen LogP contribution in [-0.2, 0) is 9.53 Å². The van der Waals surface area contributed by atoms with Crippen LogP contribution in [0.4, 0.5) is 0 Å². The van der Waals surface area contributed by atoms with Crippen molar-refractivity contribution in [2.75, 3.05) is 0 Å². The third-order valence-electron chi connectivity index (χ3n) is 2.78. The van der Waals surface area contributed by atoms with E-state index in [9.17, 15) is 9.90 Å². The fourth-order valence-electron chi connectivity index (χ4n) is 2.27. The fourth-order valence-corrected chi connectivity index (χ4v) is 2.27. The zero-order valence-corrected chi connectivity index (χ0v) is 9.07. The van der Waals surface area contributed by atoms with Crippen molar-refractivity contribution in [2.45, 2.75) is 51.4 Å². The summed E-state index contributed by atoms with van der Waals surface area (Å²) in [5.41, 5.74) is -0.939. The van der Waals surface area contributed by atoms with Crippen LogP contribution in [0.2, 0.25) is 0 Å². The number of carboxylic acids is 1. The van der Waals surface area contributed by atoms with E-state index in [4.69, 9.17) is 9.84 Å². The normalized spacial score (nSPS) is 31.4. The number of aliphatic carboxylic acids is 1. The van der Waals surface area contributed by atoms with Gasteiger partial charge in [0.15, 0.2) is 6.10 Å². The van der Waals surface area contributed by atoms with Crippen LogP contribution >= 0.6 is 0 Å². The molecular weight excluding hydrogens is 184 g/mol. The average molecular weight is 202 g/mol. The fraction of sp³-hybridized carbons (Fsp3) is 0.900. The zero-order valence-electron chi connectivity index (χ0n) is 9.07. The molecule has 0 amide bonds. The predicted molar refractivity (Wildman–Crippen MR) is 51.0 cm³/mol. The monoisotopic (exact) mass is 202 g/mol. The first-order valence-electron chi connectivity index (χ1n) is 4.77. The molecule has 14 heavy (non-hydrogen) atoms. The Kier molecular flexibility index (Phi) is 2.63. The Balaban J connectivity index is 2.85. The maximum absolute atomic E-state index is 10.7. The van der Waals surface area contributed by atoms with Gasteiger partial charge in [0.1, 0.15) is 0 Å². The Hall–Kier alpha value is -0.610. The smallest absolute Gasteiger partial charge is 0.332 e. The van der Waals surface area contributed by atoms with Crippen LogP contribution in [0, 0.1) is 5.92 Å². The number of ether oxygens (including phenoxy) is 1. The lowest BCUT2D eigenvalue weighted by Gasteiger charge is -2.28. The maximum Gasteiger partial charge on any atom is 0.332 e. The van der Waals surface area contributed by atoms with Crippen LogP contribution in [-0.4, -0.2) is 33.5 Å². The van der Waals surface area contributed by atoms with Crippen molar-refractivity contribution in [3.8, 4) is 0 Å². The maximum atomic E-state index is 10.7. The van der Waals surface area contributed by atoms with E-state index in [1.54, 1.807) is 0 Å². The van der Waals surface area contributed by atoms with E-state index in [2.05, 4.69) is 0 Å². The third-order valence-corrected chi connectivity index (χ3v) is 2.78. The Morgan fingerprint density at radius 1 is 1.43 bits per heavy atom. The molecule has 1 heterocycles. The molecule has 1 aliphatic rings. The van der Waals surface area contributed by atoms with Crippen molar-refractivity contribution in [2.24, 2.45) is 5.92 Å². The number of rotatable bonds is 2. The molecule has 0 radical (unpaired) electrons. The Morgan fingerprint density at radius 3 is 2.21 bits per heavy atom. The summed E-state index contributed by atoms with van der Waals surface area (Å²) in [6.45, 7) is 7.45. The Morgan fingerprint density at radius 2 is 1.93 bits per heavy atom. The van der Waals surface area contributed by atoms with Gasteiger partial charge in [-0.1, -0.05) is 0 Å². The molecule has 2 N–H and O–H groups in total. The first kappa shape index (κ1) is 11.5. The standard InChI is InChI=1S/C10H18O4/c1-9(2)5-6(7(11)8(12)13)10(3,4)14-9/h6-7,11H,5H2,1-4H3,(H,12,13). The number of aliphatic hydroxyl groups is 1. The van der Waals surface area contributed by atoms with Gasteiger partial charge in [-0.25, -0.2) is 4.79 Å². The minimum absolute atomic E-state index is 0.352. The predicted octanol–water partition coefficient (Wildman–Crippen LogP) is 1.03. The topological polar surface area (TPSA) is 66.8 Å². The summed E-state index contributed by atoms with van der Waals surface area (Å²) in [6.07, 6.45) is -0.778. The second-order valence-electron chi connectivity index (χ2n) is 5.06. The van der Waals surface area contributed by atoms with Crippen LogP contribution in [0.3, 0.4) is 0 Å². The van der Waals surface area contributed by atoms with Crippen molar-refractivity contribution < 1.29 is 19.7 Å². The highest BCUT2D eigenvalue weighted by Crippen LogP contribution is 2.43. The minimum Gasteiger partial charge on any atom is -0.479 e. The van der Waals surface area contributed by atoms with Crippen LogP contribution in [0.1, 0.15) is 34.1 Å². The van der Waals surface area contributed by atoms with Gasteiger partial charge in [0.2, 0.25) is 0 Å². The van der Waals surface area contributed by atoms with Gasteiger partial charge in [-0.2, -0.15) is 0 Å². The molecule has 82 valence electrons. The van der Waals surface area contributed by atoms with Gasteiger partial charge in [-0.15, -0.1) is 0 Å². The second-order valence-corrected chi connectivity index (χ2v) is 5.06. The molecule has 0 saturated carbocycles. The third kappa shape index (κ3) is 2.07. The number of hydrogen-bond donors (Lipinski definition) is 2. The van der Waals surface area contributed by atoms with Crippen LogP contribution in [0.5, 0.6) is 0 Å². The molecule has 0 bridgehead atoms. The Bertz CT molecular complexity index is 245. The van der Waals surface area contributed by atoms with E-state index in [-0.39, 0.29) is 11.5 Å². The molecule has 0 aromatic heterocycles. The lowest BCUT2D eigenvalue weighted by molar-refractivity contribution is -0.154. The van der Waals surface area contributed by atoms with Crippen LogP contribution in [0.25, 0.3) is 0 Å². The number of aliphatic hydroxyl groups excluding tert-OH is 1. The summed E-state index contributed by atoms with van der Waals surface area (Å²) < 4.78 is 5.70. The minimum atomic E-state index is -1.34. The molecule has 0 spiro atoms. The lowest BCUT2D eigenvalue weighted by atomic mass is 9.83. The SMILES string of the molecule is CC1(C)CC(C(O)C(=O)O)C(C)(C)O1. The number of hydrogen-bond acceptors (Lipinski definition) is 3. The second kappa shape index (κ2) is 3.21. The molecule has 4 nitrogen and oxygen atoms in total. The highest BCUT2D eigenvalue weighted by Gasteiger charge is 2.50. The molecule has 1 saturated heterocycles. The van der Waals surface area contributed by atoms with Gasteiger partial charge < -0.3 is 14.9 Å². The van der Waals surface area contributed by atoms with E-state index >= 15 is 0 Å². The van der Waals surface area contributed by atoms with Gasteiger partial charge in [-0.3, -0.25) is 0 Å². The highest BCUT2D eigenvalue weighted by molar-refractivity contribution is 5.72. The van der Waals surface area contributed by atoms with Gasteiger partial charge in [0.25, 0.3) is 0 Å². The first-order chi connectivity index (χ1) is 6.16. The quantitative estimate of drug-likeness (QED) is 0.701. The molecule has 1 rings (SSSR count). The van der Waals surface area contributed by atoms with Crippen LogP contribution in [0.15, 0.2) is 0 Å². The summed E-state index contributed by atoms with van der Waals surface area (Å²) in [7, 11) is 0. The van der Waals surface area contributed by atoms with Crippen molar-refractivity contribution in [3.63, 3.8) is 0 Å². The molecule has 2 unspecified atom stereocenters. The molecule has 1 aliphatic heterocycles. The van der Waals surface area contributed by atoms with Crippen LogP contribution < -0.4 is 0 Å². The summed E-state index contributed by atoms with van der Waals surface area (Å²) in [6, 6.07) is 0. The van der Waals surface area contributed by atoms with Gasteiger partial charge in [0.05, 0.1) is 11.2 Å². The first-order valence-corrected chi connectivity index (χ1v) is 4.77. The van der Waals surface area contributed by atoms with E-state index < -0.39 is 17.7 Å². The molecule has 4 heteroatoms. The van der Waals surface area contributed by atoms with Crippen molar-refractivity contribution in [1.29, 1.82) is 0 Å². The molecule has 2 atom stereocenters. The molecule has 0 aromatic carbocycles. The van der Waals surface area contributed by atoms with E-state index in [0.717, 1.165) is 0 Å². The number of carboxylic acid groups (broad SMARTS) is 1. The van der Waals surface area contributed by atoms with Crippen molar-refractivity contribution in [1.82, 2.24) is 0 Å². The number of carbonyl (C=O) groups is 1. The zero-order chi connectivity index (χ0) is 11.1. The van der Waals surface area contributed by atoms with E-state index in [1.165, 1.54) is 0 Å². The summed E-state index contributed by atoms with van der Waals surface area (Å²) in [5.74, 6) is -1.53. The molecular formula is C10H18O4. The molecule has 1 fully saturated rings.